The first-order chi connectivity index (χ1) is 14.5. The number of nitrogens with zero attached hydrogens (tertiary/aromatic N) is 3. The van der Waals surface area contributed by atoms with Crippen LogP contribution >= 0.6 is 11.6 Å². The highest BCUT2D eigenvalue weighted by atomic mass is 35.5. The van der Waals surface area contributed by atoms with Crippen LogP contribution in [0.5, 0.6) is 0 Å². The van der Waals surface area contributed by atoms with Gasteiger partial charge in [0.25, 0.3) is 5.91 Å². The number of nitrogens with one attached hydrogen (secondary N) is 1. The average Bonchev–Trinajstić information content (AvgIpc) is 3.18. The van der Waals surface area contributed by atoms with Crippen LogP contribution in [0, 0.1) is 13.8 Å². The number of carbonyl (C=O) groups is 1. The third-order valence-electron chi connectivity index (χ3n) is 4.79. The number of carbonyl (C=O) groups excluding carboxylic acids is 1. The van der Waals surface area contributed by atoms with Gasteiger partial charge in [0.15, 0.2) is 5.82 Å². The molecule has 0 aliphatic rings. The first-order valence-electron chi connectivity index (χ1n) is 9.64. The number of halogens is 1. The summed E-state index contributed by atoms with van der Waals surface area (Å²) in [6, 6.07) is 23.2. The van der Waals surface area contributed by atoms with Crippen molar-refractivity contribution in [1.82, 2.24) is 20.1 Å². The minimum atomic E-state index is -0.322. The Morgan fingerprint density at radius 2 is 1.73 bits per heavy atom. The lowest BCUT2D eigenvalue weighted by atomic mass is 10.1. The van der Waals surface area contributed by atoms with Crippen LogP contribution in [0.1, 0.15) is 27.3 Å². The molecule has 1 heterocycles. The minimum absolute atomic E-state index is 0.121. The van der Waals surface area contributed by atoms with Crippen molar-refractivity contribution in [3.8, 4) is 17.1 Å². The highest BCUT2D eigenvalue weighted by Crippen LogP contribution is 2.25. The van der Waals surface area contributed by atoms with E-state index >= 15 is 0 Å². The van der Waals surface area contributed by atoms with Crippen molar-refractivity contribution in [2.75, 3.05) is 0 Å². The number of rotatable bonds is 5. The third-order valence-corrected chi connectivity index (χ3v) is 5.04. The van der Waals surface area contributed by atoms with Gasteiger partial charge in [0.05, 0.1) is 5.69 Å². The van der Waals surface area contributed by atoms with Gasteiger partial charge in [0.1, 0.15) is 0 Å². The molecule has 1 N–H and O–H groups in total. The quantitative estimate of drug-likeness (QED) is 0.490. The molecule has 4 rings (SSSR count). The zero-order valence-corrected chi connectivity index (χ0v) is 17.5. The fraction of sp³-hybridized carbons (Fsp3) is 0.125. The summed E-state index contributed by atoms with van der Waals surface area (Å²) in [5.74, 6) is 0.386. The zero-order valence-electron chi connectivity index (χ0n) is 16.8. The lowest BCUT2D eigenvalue weighted by Gasteiger charge is -2.10. The SMILES string of the molecule is Cc1ccc(-n2nc(C(=O)NCc3ccccc3)nc2-c2ccc(Cl)cc2)c(C)c1. The molecule has 3 aromatic carbocycles. The zero-order chi connectivity index (χ0) is 21.1. The molecule has 0 aliphatic heterocycles. The largest absolute Gasteiger partial charge is 0.345 e. The van der Waals surface area contributed by atoms with Crippen LogP contribution < -0.4 is 5.32 Å². The summed E-state index contributed by atoms with van der Waals surface area (Å²) in [5, 5.41) is 8.07. The van der Waals surface area contributed by atoms with Crippen molar-refractivity contribution in [3.63, 3.8) is 0 Å². The Bertz CT molecular complexity index is 1180. The van der Waals surface area contributed by atoms with Crippen molar-refractivity contribution >= 4 is 17.5 Å². The summed E-state index contributed by atoms with van der Waals surface area (Å²) < 4.78 is 1.72. The summed E-state index contributed by atoms with van der Waals surface area (Å²) in [4.78, 5) is 17.3. The molecule has 5 nitrogen and oxygen atoms in total. The maximum absolute atomic E-state index is 12.8. The molecule has 30 heavy (non-hydrogen) atoms. The molecule has 1 amide bonds. The normalized spacial score (nSPS) is 10.8. The van der Waals surface area contributed by atoms with Crippen molar-refractivity contribution in [2.24, 2.45) is 0 Å². The Labute approximate surface area is 180 Å². The van der Waals surface area contributed by atoms with Crippen LogP contribution in [0.25, 0.3) is 17.1 Å². The topological polar surface area (TPSA) is 59.8 Å². The van der Waals surface area contributed by atoms with Gasteiger partial charge in [-0.2, -0.15) is 0 Å². The maximum Gasteiger partial charge on any atom is 0.291 e. The molecule has 0 aliphatic carbocycles. The standard InChI is InChI=1S/C24H21ClN4O/c1-16-8-13-21(17(2)14-16)29-23(19-9-11-20(25)12-10-19)27-22(28-29)24(30)26-15-18-6-4-3-5-7-18/h3-14H,15H2,1-2H3,(H,26,30). The van der Waals surface area contributed by atoms with Crippen LogP contribution in [-0.2, 0) is 6.54 Å². The van der Waals surface area contributed by atoms with Crippen LogP contribution in [0.2, 0.25) is 5.02 Å². The summed E-state index contributed by atoms with van der Waals surface area (Å²) in [7, 11) is 0. The molecule has 0 bridgehead atoms. The summed E-state index contributed by atoms with van der Waals surface area (Å²) in [5.41, 5.74) is 4.92. The number of hydrogen-bond acceptors (Lipinski definition) is 3. The smallest absolute Gasteiger partial charge is 0.291 e. The van der Waals surface area contributed by atoms with E-state index in [-0.39, 0.29) is 11.7 Å². The predicted octanol–water partition coefficient (Wildman–Crippen LogP) is 5.13. The molecular formula is C24H21ClN4O. The molecule has 0 saturated heterocycles. The average molecular weight is 417 g/mol. The van der Waals surface area contributed by atoms with E-state index in [0.29, 0.717) is 17.4 Å². The molecule has 0 atom stereocenters. The van der Waals surface area contributed by atoms with E-state index in [1.807, 2.05) is 68.4 Å². The van der Waals surface area contributed by atoms with Gasteiger partial charge >= 0.3 is 0 Å². The lowest BCUT2D eigenvalue weighted by molar-refractivity contribution is 0.0940. The number of amides is 1. The number of aromatic nitrogens is 3. The van der Waals surface area contributed by atoms with Gasteiger partial charge in [0, 0.05) is 17.1 Å². The predicted molar refractivity (Wildman–Crippen MR) is 119 cm³/mol. The first-order valence-corrected chi connectivity index (χ1v) is 10.0. The van der Waals surface area contributed by atoms with E-state index in [4.69, 9.17) is 11.6 Å². The number of hydrogen-bond donors (Lipinski definition) is 1. The molecule has 4 aromatic rings. The fourth-order valence-corrected chi connectivity index (χ4v) is 3.39. The Hall–Kier alpha value is -3.44. The monoisotopic (exact) mass is 416 g/mol. The van der Waals surface area contributed by atoms with Crippen LogP contribution in [0.4, 0.5) is 0 Å². The van der Waals surface area contributed by atoms with Gasteiger partial charge in [-0.3, -0.25) is 4.79 Å². The molecule has 0 radical (unpaired) electrons. The summed E-state index contributed by atoms with van der Waals surface area (Å²) in [6.45, 7) is 4.47. The Balaban J connectivity index is 1.71. The molecule has 0 unspecified atom stereocenters. The van der Waals surface area contributed by atoms with Gasteiger partial charge in [-0.25, -0.2) is 9.67 Å². The molecule has 0 saturated carbocycles. The number of benzene rings is 3. The van der Waals surface area contributed by atoms with E-state index in [9.17, 15) is 4.79 Å². The van der Waals surface area contributed by atoms with Crippen LogP contribution in [0.3, 0.4) is 0 Å². The third kappa shape index (κ3) is 4.26. The minimum Gasteiger partial charge on any atom is -0.345 e. The second-order valence-corrected chi connectivity index (χ2v) is 7.57. The van der Waals surface area contributed by atoms with Gasteiger partial charge in [-0.15, -0.1) is 5.10 Å². The van der Waals surface area contributed by atoms with E-state index in [1.165, 1.54) is 0 Å². The molecule has 6 heteroatoms. The maximum atomic E-state index is 12.8. The second kappa shape index (κ2) is 8.51. The Kier molecular flexibility index (Phi) is 5.63. The van der Waals surface area contributed by atoms with Gasteiger partial charge in [-0.1, -0.05) is 59.6 Å². The molecular weight excluding hydrogens is 396 g/mol. The van der Waals surface area contributed by atoms with Crippen LogP contribution in [0.15, 0.2) is 72.8 Å². The van der Waals surface area contributed by atoms with E-state index in [2.05, 4.69) is 21.5 Å². The Morgan fingerprint density at radius 1 is 1.00 bits per heavy atom. The van der Waals surface area contributed by atoms with E-state index < -0.39 is 0 Å². The summed E-state index contributed by atoms with van der Waals surface area (Å²) >= 11 is 6.05. The molecule has 150 valence electrons. The van der Waals surface area contributed by atoms with Crippen molar-refractivity contribution in [1.29, 1.82) is 0 Å². The molecule has 0 fully saturated rings. The number of aryl methyl sites for hydroxylation is 2. The second-order valence-electron chi connectivity index (χ2n) is 7.14. The lowest BCUT2D eigenvalue weighted by Crippen LogP contribution is -2.24. The highest BCUT2D eigenvalue weighted by molar-refractivity contribution is 6.30. The highest BCUT2D eigenvalue weighted by Gasteiger charge is 2.19. The van der Waals surface area contributed by atoms with Gasteiger partial charge < -0.3 is 5.32 Å². The first kappa shape index (κ1) is 19.9. The van der Waals surface area contributed by atoms with Crippen LogP contribution in [-0.4, -0.2) is 20.7 Å². The van der Waals surface area contributed by atoms with Crippen molar-refractivity contribution < 1.29 is 4.79 Å². The van der Waals surface area contributed by atoms with Gasteiger partial charge in [0.2, 0.25) is 5.82 Å². The van der Waals surface area contributed by atoms with Crippen molar-refractivity contribution in [2.45, 2.75) is 20.4 Å². The molecule has 1 aromatic heterocycles. The van der Waals surface area contributed by atoms with Gasteiger partial charge in [-0.05, 0) is 55.3 Å². The summed E-state index contributed by atoms with van der Waals surface area (Å²) in [6.07, 6.45) is 0. The van der Waals surface area contributed by atoms with E-state index in [0.717, 1.165) is 27.9 Å². The Morgan fingerprint density at radius 3 is 2.43 bits per heavy atom. The van der Waals surface area contributed by atoms with E-state index in [1.54, 1.807) is 16.8 Å². The molecule has 0 spiro atoms. The van der Waals surface area contributed by atoms with Crippen molar-refractivity contribution in [3.05, 3.63) is 100 Å². The fourth-order valence-electron chi connectivity index (χ4n) is 3.26.